The average Bonchev–Trinajstić information content (AvgIpc) is 2.95. The van der Waals surface area contributed by atoms with E-state index in [2.05, 4.69) is 48.2 Å². The van der Waals surface area contributed by atoms with E-state index in [4.69, 9.17) is 22.3 Å². The monoisotopic (exact) mass is 344 g/mol. The van der Waals surface area contributed by atoms with Crippen LogP contribution in [0.5, 0.6) is 0 Å². The summed E-state index contributed by atoms with van der Waals surface area (Å²) in [6, 6.07) is 5.40. The van der Waals surface area contributed by atoms with E-state index >= 15 is 0 Å². The molecule has 24 heavy (non-hydrogen) atoms. The third-order valence-electron chi connectivity index (χ3n) is 3.80. The summed E-state index contributed by atoms with van der Waals surface area (Å²) in [6.45, 7) is 8.36. The lowest BCUT2D eigenvalue weighted by molar-refractivity contribution is 0.779. The number of nitrogens with zero attached hydrogens (tertiary/aromatic N) is 3. The van der Waals surface area contributed by atoms with Crippen LogP contribution in [0.25, 0.3) is 11.0 Å². The molecular formula is C17H21ClN6. The molecule has 0 radical (unpaired) electrons. The molecule has 0 fully saturated rings. The van der Waals surface area contributed by atoms with Gasteiger partial charge < -0.3 is 11.1 Å². The van der Waals surface area contributed by atoms with Gasteiger partial charge in [0.05, 0.1) is 16.4 Å². The second-order valence-corrected chi connectivity index (χ2v) is 6.84. The maximum absolute atomic E-state index is 6.11. The van der Waals surface area contributed by atoms with Gasteiger partial charge in [-0.05, 0) is 24.1 Å². The van der Waals surface area contributed by atoms with Gasteiger partial charge in [-0.2, -0.15) is 5.10 Å². The summed E-state index contributed by atoms with van der Waals surface area (Å²) in [4.78, 5) is 9.34. The zero-order valence-electron chi connectivity index (χ0n) is 14.2. The minimum atomic E-state index is 0.208. The number of nitrogens with one attached hydrogen (secondary N) is 2. The molecule has 3 rings (SSSR count). The Hall–Kier alpha value is -2.34. The molecule has 0 aliphatic rings. The lowest BCUT2D eigenvalue weighted by Gasteiger charge is -2.11. The van der Waals surface area contributed by atoms with Gasteiger partial charge in [-0.3, -0.25) is 5.10 Å². The minimum Gasteiger partial charge on any atom is -0.398 e. The standard InChI is InChI=1S/C17H21ClN6/c1-8(2)13-14-15(24-23-13)17(22-16(21-14)9(3)4)20-10-5-6-12(19)11(18)7-10/h5-9H,19H2,1-4H3,(H,23,24)(H,20,21,22). The van der Waals surface area contributed by atoms with Crippen molar-refractivity contribution in [2.75, 3.05) is 11.1 Å². The molecule has 0 unspecified atom stereocenters. The highest BCUT2D eigenvalue weighted by Gasteiger charge is 2.18. The lowest BCUT2D eigenvalue weighted by atomic mass is 10.1. The molecule has 6 nitrogen and oxygen atoms in total. The Labute approximate surface area is 145 Å². The molecule has 4 N–H and O–H groups in total. The van der Waals surface area contributed by atoms with Crippen molar-refractivity contribution in [1.82, 2.24) is 20.2 Å². The van der Waals surface area contributed by atoms with E-state index in [1.165, 1.54) is 0 Å². The number of halogens is 1. The molecule has 0 aliphatic heterocycles. The van der Waals surface area contributed by atoms with E-state index < -0.39 is 0 Å². The van der Waals surface area contributed by atoms with E-state index in [0.29, 0.717) is 22.4 Å². The van der Waals surface area contributed by atoms with Crippen molar-refractivity contribution in [2.24, 2.45) is 0 Å². The Kier molecular flexibility index (Phi) is 4.32. The number of rotatable bonds is 4. The zero-order valence-corrected chi connectivity index (χ0v) is 14.9. The smallest absolute Gasteiger partial charge is 0.162 e. The maximum atomic E-state index is 6.11. The summed E-state index contributed by atoms with van der Waals surface area (Å²) < 4.78 is 0. The number of fused-ring (bicyclic) bond motifs is 1. The van der Waals surface area contributed by atoms with Crippen molar-refractivity contribution in [3.8, 4) is 0 Å². The van der Waals surface area contributed by atoms with Gasteiger partial charge in [0.2, 0.25) is 0 Å². The van der Waals surface area contributed by atoms with E-state index in [0.717, 1.165) is 28.2 Å². The molecule has 0 atom stereocenters. The van der Waals surface area contributed by atoms with E-state index in [9.17, 15) is 0 Å². The highest BCUT2D eigenvalue weighted by molar-refractivity contribution is 6.33. The van der Waals surface area contributed by atoms with Gasteiger partial charge in [0.15, 0.2) is 11.3 Å². The van der Waals surface area contributed by atoms with Crippen LogP contribution < -0.4 is 11.1 Å². The SMILES string of the molecule is CC(C)c1nc(Nc2ccc(N)c(Cl)c2)c2n[nH]c(C(C)C)c2n1. The molecule has 0 aliphatic carbocycles. The molecule has 0 amide bonds. The minimum absolute atomic E-state index is 0.208. The first kappa shape index (κ1) is 16.5. The molecule has 0 spiro atoms. The van der Waals surface area contributed by atoms with Crippen LogP contribution in [-0.4, -0.2) is 20.2 Å². The summed E-state index contributed by atoms with van der Waals surface area (Å²) in [5.74, 6) is 1.94. The molecule has 7 heteroatoms. The number of hydrogen-bond donors (Lipinski definition) is 3. The molecule has 0 saturated carbocycles. The Morgan fingerprint density at radius 2 is 1.83 bits per heavy atom. The molecule has 3 aromatic rings. The third-order valence-corrected chi connectivity index (χ3v) is 4.13. The van der Waals surface area contributed by atoms with Crippen LogP contribution in [-0.2, 0) is 0 Å². The second kappa shape index (κ2) is 6.28. The van der Waals surface area contributed by atoms with Crippen molar-refractivity contribution in [3.63, 3.8) is 0 Å². The van der Waals surface area contributed by atoms with E-state index in [1.54, 1.807) is 12.1 Å². The van der Waals surface area contributed by atoms with Crippen molar-refractivity contribution < 1.29 is 0 Å². The number of nitrogen functional groups attached to an aromatic ring is 1. The Bertz CT molecular complexity index is 884. The first-order chi connectivity index (χ1) is 11.4. The van der Waals surface area contributed by atoms with Crippen molar-refractivity contribution in [3.05, 3.63) is 34.7 Å². The molecule has 126 valence electrons. The second-order valence-electron chi connectivity index (χ2n) is 6.44. The van der Waals surface area contributed by atoms with E-state index in [-0.39, 0.29) is 5.92 Å². The van der Waals surface area contributed by atoms with Crippen LogP contribution in [0.4, 0.5) is 17.2 Å². The molecular weight excluding hydrogens is 324 g/mol. The largest absolute Gasteiger partial charge is 0.398 e. The Morgan fingerprint density at radius 3 is 2.46 bits per heavy atom. The number of hydrogen-bond acceptors (Lipinski definition) is 5. The van der Waals surface area contributed by atoms with Crippen LogP contribution in [0.3, 0.4) is 0 Å². The molecule has 0 saturated heterocycles. The Balaban J connectivity index is 2.13. The van der Waals surface area contributed by atoms with E-state index in [1.807, 2.05) is 6.07 Å². The summed E-state index contributed by atoms with van der Waals surface area (Å²) >= 11 is 6.11. The molecule has 2 heterocycles. The summed E-state index contributed by atoms with van der Waals surface area (Å²) in [6.07, 6.45) is 0. The first-order valence-electron chi connectivity index (χ1n) is 7.94. The summed E-state index contributed by atoms with van der Waals surface area (Å²) in [5.41, 5.74) is 9.70. The van der Waals surface area contributed by atoms with Crippen LogP contribution in [0, 0.1) is 0 Å². The van der Waals surface area contributed by atoms with Gasteiger partial charge in [-0.15, -0.1) is 0 Å². The molecule has 0 bridgehead atoms. The lowest BCUT2D eigenvalue weighted by Crippen LogP contribution is -2.04. The fraction of sp³-hybridized carbons (Fsp3) is 0.353. The molecule has 2 aromatic heterocycles. The third kappa shape index (κ3) is 3.01. The number of aromatic amines is 1. The number of H-pyrrole nitrogens is 1. The maximum Gasteiger partial charge on any atom is 0.162 e. The predicted octanol–water partition coefficient (Wildman–Crippen LogP) is 4.58. The number of anilines is 3. The van der Waals surface area contributed by atoms with Gasteiger partial charge in [0.1, 0.15) is 11.3 Å². The van der Waals surface area contributed by atoms with Gasteiger partial charge in [-0.25, -0.2) is 9.97 Å². The fourth-order valence-corrected chi connectivity index (χ4v) is 2.60. The fourth-order valence-electron chi connectivity index (χ4n) is 2.42. The van der Waals surface area contributed by atoms with Gasteiger partial charge in [0.25, 0.3) is 0 Å². The topological polar surface area (TPSA) is 92.5 Å². The number of benzene rings is 1. The molecule has 1 aromatic carbocycles. The zero-order chi connectivity index (χ0) is 17.4. The number of nitrogens with two attached hydrogens (primary N) is 1. The van der Waals surface area contributed by atoms with Crippen LogP contribution in [0.15, 0.2) is 18.2 Å². The van der Waals surface area contributed by atoms with Gasteiger partial charge in [-0.1, -0.05) is 39.3 Å². The van der Waals surface area contributed by atoms with Gasteiger partial charge >= 0.3 is 0 Å². The first-order valence-corrected chi connectivity index (χ1v) is 8.32. The van der Waals surface area contributed by atoms with Crippen molar-refractivity contribution >= 4 is 39.8 Å². The predicted molar refractivity (Wildman–Crippen MR) is 99.0 cm³/mol. The van der Waals surface area contributed by atoms with Crippen LogP contribution in [0.1, 0.15) is 51.0 Å². The van der Waals surface area contributed by atoms with Gasteiger partial charge in [0, 0.05) is 11.6 Å². The van der Waals surface area contributed by atoms with Crippen molar-refractivity contribution in [2.45, 2.75) is 39.5 Å². The Morgan fingerprint density at radius 1 is 1.08 bits per heavy atom. The normalized spacial score (nSPS) is 11.6. The quantitative estimate of drug-likeness (QED) is 0.602. The summed E-state index contributed by atoms with van der Waals surface area (Å²) in [7, 11) is 0. The highest BCUT2D eigenvalue weighted by atomic mass is 35.5. The van der Waals surface area contributed by atoms with Crippen LogP contribution >= 0.6 is 11.6 Å². The highest BCUT2D eigenvalue weighted by Crippen LogP contribution is 2.30. The van der Waals surface area contributed by atoms with Crippen LogP contribution in [0.2, 0.25) is 5.02 Å². The number of aromatic nitrogens is 4. The summed E-state index contributed by atoms with van der Waals surface area (Å²) in [5, 5.41) is 11.3. The average molecular weight is 345 g/mol. The van der Waals surface area contributed by atoms with Crippen molar-refractivity contribution in [1.29, 1.82) is 0 Å².